The number of fused-ring (bicyclic) bond motifs is 4. The first-order chi connectivity index (χ1) is 66.5. The van der Waals surface area contributed by atoms with Crippen molar-refractivity contribution in [2.45, 2.75) is 115 Å². The maximum absolute atomic E-state index is 14.8. The lowest BCUT2D eigenvalue weighted by Crippen LogP contribution is -2.58. The van der Waals surface area contributed by atoms with Gasteiger partial charge in [0.1, 0.15) is 58.9 Å². The van der Waals surface area contributed by atoms with Gasteiger partial charge in [-0.1, -0.05) is 83.2 Å². The Morgan fingerprint density at radius 3 is 1.06 bits per heavy atom. The third-order valence-electron chi connectivity index (χ3n) is 25.8. The number of aromatic nitrogens is 14. The minimum Gasteiger partial charge on any atom is -0.368 e. The summed E-state index contributed by atoms with van der Waals surface area (Å²) in [6, 6.07) is 50.0. The van der Waals surface area contributed by atoms with E-state index >= 15 is 0 Å². The van der Waals surface area contributed by atoms with Gasteiger partial charge in [0.15, 0.2) is 0 Å². The summed E-state index contributed by atoms with van der Waals surface area (Å²) in [6.07, 6.45) is 8.24. The number of aromatic amines is 4. The Labute approximate surface area is 788 Å². The first-order valence-corrected chi connectivity index (χ1v) is 46.6. The number of hydrogen-bond donors (Lipinski definition) is 10. The van der Waals surface area contributed by atoms with Crippen molar-refractivity contribution < 1.29 is 47.9 Å². The van der Waals surface area contributed by atoms with Crippen LogP contribution in [0.15, 0.2) is 182 Å². The number of likely N-dealkylation sites (tertiary alicyclic amines) is 4. The zero-order chi connectivity index (χ0) is 94.9. The van der Waals surface area contributed by atoms with E-state index in [1.165, 1.54) is 9.80 Å². The van der Waals surface area contributed by atoms with Crippen LogP contribution in [0, 0.1) is 0 Å². The summed E-state index contributed by atoms with van der Waals surface area (Å²) in [7, 11) is 7.85. The molecule has 0 unspecified atom stereocenters. The van der Waals surface area contributed by atoms with E-state index in [0.717, 1.165) is 102 Å². The highest BCUT2D eigenvalue weighted by Gasteiger charge is 2.48. The molecule has 4 atom stereocenters. The predicted molar refractivity (Wildman–Crippen MR) is 515 cm³/mol. The standard InChI is InChI=1S/C100H109N27O10/c1-119(2)49-40-103-93(130)65-23-15-61(16-24-65)89-107-75-35-31-69(51-79(75)111-89)71-33-37-77-81(53-71)113-91(109-77)63-19-27-67(28-20-63)95(132)105-55-73-58-122(117-115-73)43-9-39-102-57-88(129)124-45-5-12-84(124)98(135)126-47-7-14-86(126)100(137)127-48-8-13-85(127)99(136)125-46-6-11-83(125)97(134)121(60-87(101)128)42-10-44-123-59-74(116-118-123)56-106-96(133)68-29-21-64(22-30-68)92-110-78-38-34-72(54-82(78)114-92)70-32-36-76-80(52-70)112-90(108-76)62-17-25-66(26-18-62)94(131)104-41-50-120(3)4/h15-38,51-54,58-59,83-86,102H,5-14,39-50,55-57,60H2,1-4H3,(H2,101,128)(H,103,130)(H,104,131)(H,105,132)(H,106,133)(H,107,111)(H,108,112)(H,109,113)(H,110,114)/t83-,84-,85-,86-/m0/s1. The number of likely N-dealkylation sites (N-methyl/N-ethyl adjacent to an activating group) is 2. The first-order valence-electron chi connectivity index (χ1n) is 46.6. The lowest BCUT2D eigenvalue weighted by atomic mass is 10.0. The number of nitrogens with two attached hydrogens (primary N) is 1. The molecule has 4 fully saturated rings. The highest BCUT2D eigenvalue weighted by molar-refractivity contribution is 6.01. The second-order valence-corrected chi connectivity index (χ2v) is 35.9. The van der Waals surface area contributed by atoms with Crippen molar-refractivity contribution in [2.24, 2.45) is 5.73 Å². The van der Waals surface area contributed by atoms with Crippen LogP contribution in [0.3, 0.4) is 0 Å². The van der Waals surface area contributed by atoms with E-state index in [-0.39, 0.29) is 86.5 Å². The molecule has 137 heavy (non-hydrogen) atoms. The van der Waals surface area contributed by atoms with Crippen molar-refractivity contribution in [1.82, 2.24) is 131 Å². The van der Waals surface area contributed by atoms with Crippen LogP contribution in [-0.2, 0) is 54.9 Å². The van der Waals surface area contributed by atoms with Crippen LogP contribution in [0.25, 0.3) is 112 Å². The molecule has 0 radical (unpaired) electrons. The van der Waals surface area contributed by atoms with E-state index in [0.29, 0.717) is 174 Å². The fourth-order valence-electron chi connectivity index (χ4n) is 18.5. The molecule has 8 aromatic carbocycles. The van der Waals surface area contributed by atoms with Crippen molar-refractivity contribution in [1.29, 1.82) is 0 Å². The number of H-pyrrole nitrogens is 4. The minimum absolute atomic E-state index is 0.00379. The SMILES string of the molecule is CN(C)CCNC(=O)c1ccc(-c2nc3ccc(-c4ccc5nc(-c6ccc(C(=O)NCc7cn(CCCNCC(=O)N8CCC[C@H]8C(=O)N8CCC[C@H]8C(=O)N8CCC[C@H]8C(=O)N8CCC[C@H]8C(=O)N(CCCn8cc(CNC(=O)c9ccc(-c%10nc%11ccc(-c%12ccc%13nc(-c%14ccc(C(=O)NCCN(C)C)cc%14)[nH]c%13c%12)cc%11[nH]%10)cc9)nn8)CC(N)=O)nn7)cc6)[nH]c5c4)cc3[nH]2)cc1. The third kappa shape index (κ3) is 21.2. The average Bonchev–Trinajstić information content (AvgIpc) is 1.63. The van der Waals surface area contributed by atoms with Gasteiger partial charge >= 0.3 is 0 Å². The van der Waals surface area contributed by atoms with Crippen LogP contribution in [0.2, 0.25) is 0 Å². The molecule has 18 rings (SSSR count). The number of rotatable bonds is 36. The Morgan fingerprint density at radius 1 is 0.380 bits per heavy atom. The second kappa shape index (κ2) is 41.1. The van der Waals surface area contributed by atoms with Gasteiger partial charge in [-0.2, -0.15) is 0 Å². The maximum Gasteiger partial charge on any atom is 0.251 e. The largest absolute Gasteiger partial charge is 0.368 e. The van der Waals surface area contributed by atoms with E-state index in [4.69, 9.17) is 25.7 Å². The number of hydrogen-bond acceptors (Lipinski definition) is 21. The number of carbonyl (C=O) groups excluding carboxylic acids is 10. The van der Waals surface area contributed by atoms with Crippen molar-refractivity contribution in [3.8, 4) is 67.8 Å². The van der Waals surface area contributed by atoms with Gasteiger partial charge in [0, 0.05) is 116 Å². The van der Waals surface area contributed by atoms with Crippen molar-refractivity contribution in [3.63, 3.8) is 0 Å². The third-order valence-corrected chi connectivity index (χ3v) is 25.8. The van der Waals surface area contributed by atoms with E-state index in [2.05, 4.69) is 91.4 Å². The van der Waals surface area contributed by atoms with Gasteiger partial charge < -0.3 is 86.6 Å². The monoisotopic (exact) mass is 1850 g/mol. The van der Waals surface area contributed by atoms with E-state index < -0.39 is 36.0 Å². The Balaban J connectivity index is 0.407. The summed E-state index contributed by atoms with van der Waals surface area (Å²) < 4.78 is 3.27. The summed E-state index contributed by atoms with van der Waals surface area (Å²) in [5.41, 5.74) is 22.7. The number of benzene rings is 8. The van der Waals surface area contributed by atoms with Crippen molar-refractivity contribution in [3.05, 3.63) is 216 Å². The average molecular weight is 1850 g/mol. The molecule has 4 aliphatic heterocycles. The van der Waals surface area contributed by atoms with Crippen LogP contribution in [0.1, 0.15) is 117 Å². The molecule has 37 nitrogen and oxygen atoms in total. The number of carbonyl (C=O) groups is 10. The molecule has 11 N–H and O–H groups in total. The summed E-state index contributed by atoms with van der Waals surface area (Å²) in [4.78, 5) is 182. The molecule has 0 saturated carbocycles. The van der Waals surface area contributed by atoms with Gasteiger partial charge in [-0.25, -0.2) is 19.9 Å². The molecule has 37 heteroatoms. The lowest BCUT2D eigenvalue weighted by Gasteiger charge is -2.36. The molecule has 0 spiro atoms. The normalized spacial score (nSPS) is 16.1. The maximum atomic E-state index is 14.8. The highest BCUT2D eigenvalue weighted by Crippen LogP contribution is 2.36. The van der Waals surface area contributed by atoms with Gasteiger partial charge in [-0.15, -0.1) is 10.2 Å². The summed E-state index contributed by atoms with van der Waals surface area (Å²) in [5.74, 6) is -0.513. The number of aryl methyl sites for hydroxylation is 2. The molecule has 6 aromatic heterocycles. The van der Waals surface area contributed by atoms with E-state index in [9.17, 15) is 47.9 Å². The van der Waals surface area contributed by atoms with Gasteiger partial charge in [-0.05, 0) is 218 Å². The molecule has 14 aromatic rings. The quantitative estimate of drug-likeness (QED) is 0.0165. The van der Waals surface area contributed by atoms with Gasteiger partial charge in [0.05, 0.1) is 82.7 Å². The molecule has 0 bridgehead atoms. The molecule has 10 heterocycles. The van der Waals surface area contributed by atoms with Crippen LogP contribution >= 0.6 is 0 Å². The highest BCUT2D eigenvalue weighted by atomic mass is 16.2. The van der Waals surface area contributed by atoms with E-state index in [1.807, 2.05) is 135 Å². The molecule has 4 saturated heterocycles. The number of imidazole rings is 4. The predicted octanol–water partition coefficient (Wildman–Crippen LogP) is 8.17. The summed E-state index contributed by atoms with van der Waals surface area (Å²) in [6.45, 7) is 5.11. The molecule has 0 aliphatic carbocycles. The first kappa shape index (κ1) is 92.0. The second-order valence-electron chi connectivity index (χ2n) is 35.9. The van der Waals surface area contributed by atoms with E-state index in [1.54, 1.807) is 85.0 Å². The topological polar surface area (TPSA) is 456 Å². The van der Waals surface area contributed by atoms with Crippen molar-refractivity contribution in [2.75, 3.05) is 107 Å². The number of nitrogens with zero attached hydrogens (tertiary/aromatic N) is 17. The number of amides is 10. The van der Waals surface area contributed by atoms with Crippen LogP contribution in [-0.4, -0.2) is 294 Å². The molecule has 704 valence electrons. The van der Waals surface area contributed by atoms with Gasteiger partial charge in [0.2, 0.25) is 35.4 Å². The Morgan fingerprint density at radius 2 is 0.701 bits per heavy atom. The minimum atomic E-state index is -0.896. The fraction of sp³-hybridized carbons (Fsp3) is 0.340. The lowest BCUT2D eigenvalue weighted by molar-refractivity contribution is -0.153. The Bertz CT molecular complexity index is 6830. The van der Waals surface area contributed by atoms with Crippen LogP contribution in [0.4, 0.5) is 0 Å². The number of nitrogens with one attached hydrogen (secondary N) is 9. The molecule has 4 aliphatic rings. The molecular formula is C100H109N27O10. The summed E-state index contributed by atoms with van der Waals surface area (Å²) in [5, 5.41) is 32.0. The Hall–Kier alpha value is -15.5. The molecule has 10 amide bonds. The Kier molecular flexibility index (Phi) is 27.6. The van der Waals surface area contributed by atoms with Gasteiger partial charge in [0.25, 0.3) is 23.6 Å². The van der Waals surface area contributed by atoms with Crippen LogP contribution in [0.5, 0.6) is 0 Å². The number of primary amides is 1. The zero-order valence-corrected chi connectivity index (χ0v) is 76.8. The zero-order valence-electron chi connectivity index (χ0n) is 76.8. The fourth-order valence-corrected chi connectivity index (χ4v) is 18.5. The van der Waals surface area contributed by atoms with Crippen molar-refractivity contribution >= 4 is 103 Å². The molecular weight excluding hydrogens is 1740 g/mol. The van der Waals surface area contributed by atoms with Gasteiger partial charge in [-0.3, -0.25) is 57.3 Å². The van der Waals surface area contributed by atoms with Crippen LogP contribution < -0.4 is 32.3 Å². The smallest absolute Gasteiger partial charge is 0.251 e. The summed E-state index contributed by atoms with van der Waals surface area (Å²) >= 11 is 0.